The molecule has 3 aromatic rings. The Labute approximate surface area is 168 Å². The summed E-state index contributed by atoms with van der Waals surface area (Å²) in [5.74, 6) is 0.448. The second kappa shape index (κ2) is 7.84. The highest BCUT2D eigenvalue weighted by Crippen LogP contribution is 2.33. The monoisotopic (exact) mass is 410 g/mol. The van der Waals surface area contributed by atoms with E-state index in [1.165, 1.54) is 18.2 Å². The van der Waals surface area contributed by atoms with Crippen LogP contribution in [0.3, 0.4) is 0 Å². The maximum atomic E-state index is 12.9. The molecule has 3 aromatic carbocycles. The molecule has 1 aliphatic rings. The molecule has 0 spiro atoms. The maximum absolute atomic E-state index is 12.9. The molecule has 4 rings (SSSR count). The van der Waals surface area contributed by atoms with Gasteiger partial charge in [-0.25, -0.2) is 8.42 Å². The Morgan fingerprint density at radius 1 is 0.828 bits per heavy atom. The summed E-state index contributed by atoms with van der Waals surface area (Å²) in [6.45, 7) is 0.771. The smallest absolute Gasteiger partial charge is 0.262 e. The molecule has 0 atom stereocenters. The van der Waals surface area contributed by atoms with E-state index in [2.05, 4.69) is 10.0 Å². The predicted molar refractivity (Wildman–Crippen MR) is 109 cm³/mol. The van der Waals surface area contributed by atoms with Gasteiger partial charge in [0.15, 0.2) is 11.5 Å². The fourth-order valence-electron chi connectivity index (χ4n) is 2.88. The highest BCUT2D eigenvalue weighted by molar-refractivity contribution is 7.92. The van der Waals surface area contributed by atoms with Gasteiger partial charge >= 0.3 is 0 Å². The predicted octanol–water partition coefficient (Wildman–Crippen LogP) is 3.51. The molecule has 0 radical (unpaired) electrons. The van der Waals surface area contributed by atoms with Gasteiger partial charge in [-0.1, -0.05) is 30.3 Å². The quantitative estimate of drug-likeness (QED) is 0.671. The zero-order valence-corrected chi connectivity index (χ0v) is 16.1. The van der Waals surface area contributed by atoms with Crippen LogP contribution >= 0.6 is 0 Å². The Bertz CT molecular complexity index is 1150. The van der Waals surface area contributed by atoms with Crippen molar-refractivity contribution in [3.8, 4) is 11.5 Å². The second-order valence-corrected chi connectivity index (χ2v) is 7.96. The van der Waals surface area contributed by atoms with Crippen molar-refractivity contribution < 1.29 is 22.7 Å². The first-order valence-electron chi connectivity index (χ1n) is 8.91. The first kappa shape index (κ1) is 18.8. The Morgan fingerprint density at radius 3 is 2.31 bits per heavy atom. The molecule has 0 unspecified atom stereocenters. The molecule has 0 aliphatic carbocycles. The lowest BCUT2D eigenvalue weighted by Crippen LogP contribution is -2.19. The van der Waals surface area contributed by atoms with Gasteiger partial charge in [0, 0.05) is 11.8 Å². The average Bonchev–Trinajstić information content (AvgIpc) is 2.74. The van der Waals surface area contributed by atoms with Crippen LogP contribution in [0.25, 0.3) is 0 Å². The van der Waals surface area contributed by atoms with E-state index in [1.807, 2.05) is 6.07 Å². The van der Waals surface area contributed by atoms with E-state index >= 15 is 0 Å². The van der Waals surface area contributed by atoms with E-state index in [1.54, 1.807) is 48.5 Å². The summed E-state index contributed by atoms with van der Waals surface area (Å²) in [7, 11) is -3.94. The molecule has 0 aromatic heterocycles. The maximum Gasteiger partial charge on any atom is 0.262 e. The van der Waals surface area contributed by atoms with Crippen molar-refractivity contribution >= 4 is 27.3 Å². The molecule has 8 heteroatoms. The Morgan fingerprint density at radius 2 is 1.52 bits per heavy atom. The van der Waals surface area contributed by atoms with Crippen LogP contribution in [-0.4, -0.2) is 27.5 Å². The van der Waals surface area contributed by atoms with Crippen molar-refractivity contribution in [2.24, 2.45) is 0 Å². The summed E-state index contributed by atoms with van der Waals surface area (Å²) in [5.41, 5.74) is 0.996. The van der Waals surface area contributed by atoms with Crippen LogP contribution in [0.2, 0.25) is 0 Å². The molecule has 0 fully saturated rings. The van der Waals surface area contributed by atoms with Gasteiger partial charge in [0.05, 0.1) is 16.1 Å². The minimum atomic E-state index is -3.94. The van der Waals surface area contributed by atoms with Gasteiger partial charge in [-0.15, -0.1) is 0 Å². The number of carbonyl (C=O) groups excluding carboxylic acids is 1. The number of rotatable bonds is 5. The molecule has 0 saturated heterocycles. The number of benzene rings is 3. The van der Waals surface area contributed by atoms with Crippen molar-refractivity contribution in [2.45, 2.75) is 4.90 Å². The highest BCUT2D eigenvalue weighted by Gasteiger charge is 2.21. The van der Waals surface area contributed by atoms with Crippen LogP contribution in [0.1, 0.15) is 10.4 Å². The van der Waals surface area contributed by atoms with Crippen molar-refractivity contribution in [3.63, 3.8) is 0 Å². The van der Waals surface area contributed by atoms with Gasteiger partial charge in [-0.05, 0) is 36.4 Å². The lowest BCUT2D eigenvalue weighted by molar-refractivity contribution is 0.102. The van der Waals surface area contributed by atoms with E-state index in [0.717, 1.165) is 0 Å². The normalized spacial score (nSPS) is 12.8. The van der Waals surface area contributed by atoms with Gasteiger partial charge in [0.1, 0.15) is 13.2 Å². The third-order valence-electron chi connectivity index (χ3n) is 4.27. The number of amides is 1. The van der Waals surface area contributed by atoms with Gasteiger partial charge < -0.3 is 14.8 Å². The van der Waals surface area contributed by atoms with Crippen molar-refractivity contribution in [2.75, 3.05) is 23.3 Å². The topological polar surface area (TPSA) is 93.7 Å². The zero-order chi connectivity index (χ0) is 20.3. The Hall–Kier alpha value is -3.52. The molecular formula is C21H18N2O5S. The number of ether oxygens (including phenoxy) is 2. The Balaban J connectivity index is 1.60. The van der Waals surface area contributed by atoms with E-state index in [9.17, 15) is 13.2 Å². The van der Waals surface area contributed by atoms with Crippen molar-refractivity contribution in [1.82, 2.24) is 0 Å². The molecule has 148 valence electrons. The number of para-hydroxylation sites is 2. The third-order valence-corrected chi connectivity index (χ3v) is 5.63. The standard InChI is InChI=1S/C21H18N2O5S/c24-21(22-15-6-2-1-3-7-15)17-8-4-5-9-18(17)23-29(25,26)16-10-11-19-20(14-16)28-13-12-27-19/h1-11,14,23H,12-13H2,(H,22,24). The number of fused-ring (bicyclic) bond motifs is 1. The number of sulfonamides is 1. The Kier molecular flexibility index (Phi) is 5.09. The molecule has 1 aliphatic heterocycles. The van der Waals surface area contributed by atoms with Gasteiger partial charge in [0.2, 0.25) is 0 Å². The molecule has 7 nitrogen and oxygen atoms in total. The number of hydrogen-bond acceptors (Lipinski definition) is 5. The SMILES string of the molecule is O=C(Nc1ccccc1)c1ccccc1NS(=O)(=O)c1ccc2c(c1)OCCO2. The fraction of sp³-hybridized carbons (Fsp3) is 0.0952. The first-order valence-corrected chi connectivity index (χ1v) is 10.4. The second-order valence-electron chi connectivity index (χ2n) is 6.28. The van der Waals surface area contributed by atoms with Crippen LogP contribution < -0.4 is 19.5 Å². The molecular weight excluding hydrogens is 392 g/mol. The number of anilines is 2. The molecule has 29 heavy (non-hydrogen) atoms. The first-order chi connectivity index (χ1) is 14.0. The van der Waals surface area contributed by atoms with Gasteiger partial charge in [0.25, 0.3) is 15.9 Å². The summed E-state index contributed by atoms with van der Waals surface area (Å²) in [6, 6.07) is 19.7. The highest BCUT2D eigenvalue weighted by atomic mass is 32.2. The van der Waals surface area contributed by atoms with Crippen molar-refractivity contribution in [3.05, 3.63) is 78.4 Å². The number of carbonyl (C=O) groups is 1. The molecule has 2 N–H and O–H groups in total. The summed E-state index contributed by atoms with van der Waals surface area (Å²) in [4.78, 5) is 12.7. The van der Waals surface area contributed by atoms with Gasteiger partial charge in [-0.3, -0.25) is 9.52 Å². The minimum Gasteiger partial charge on any atom is -0.486 e. The van der Waals surface area contributed by atoms with E-state index in [4.69, 9.17) is 9.47 Å². The minimum absolute atomic E-state index is 0.0139. The molecule has 0 saturated carbocycles. The van der Waals surface area contributed by atoms with Crippen LogP contribution in [0.15, 0.2) is 77.7 Å². The van der Waals surface area contributed by atoms with Crippen LogP contribution in [-0.2, 0) is 10.0 Å². The van der Waals surface area contributed by atoms with Crippen LogP contribution in [0, 0.1) is 0 Å². The lowest BCUT2D eigenvalue weighted by atomic mass is 10.1. The molecule has 0 bridgehead atoms. The van der Waals surface area contributed by atoms with E-state index < -0.39 is 15.9 Å². The summed E-state index contributed by atoms with van der Waals surface area (Å²) in [6.07, 6.45) is 0. The fourth-order valence-corrected chi connectivity index (χ4v) is 3.98. The number of hydrogen-bond donors (Lipinski definition) is 2. The summed E-state index contributed by atoms with van der Waals surface area (Å²) in [5, 5.41) is 2.75. The molecule has 1 amide bonds. The lowest BCUT2D eigenvalue weighted by Gasteiger charge is -2.19. The molecule has 1 heterocycles. The third kappa shape index (κ3) is 4.17. The van der Waals surface area contributed by atoms with E-state index in [-0.39, 0.29) is 16.1 Å². The van der Waals surface area contributed by atoms with E-state index in [0.29, 0.717) is 30.4 Å². The van der Waals surface area contributed by atoms with Crippen molar-refractivity contribution in [1.29, 1.82) is 0 Å². The number of nitrogens with one attached hydrogen (secondary N) is 2. The average molecular weight is 410 g/mol. The van der Waals surface area contributed by atoms with Crippen LogP contribution in [0.5, 0.6) is 11.5 Å². The van der Waals surface area contributed by atoms with Crippen LogP contribution in [0.4, 0.5) is 11.4 Å². The summed E-state index contributed by atoms with van der Waals surface area (Å²) >= 11 is 0. The van der Waals surface area contributed by atoms with Gasteiger partial charge in [-0.2, -0.15) is 0 Å². The zero-order valence-electron chi connectivity index (χ0n) is 15.3. The largest absolute Gasteiger partial charge is 0.486 e. The summed E-state index contributed by atoms with van der Waals surface area (Å²) < 4.78 is 39.1.